The van der Waals surface area contributed by atoms with Crippen LogP contribution >= 0.6 is 0 Å². The molecule has 12 unspecified atom stereocenters. The molecule has 3 saturated carbocycles. The first-order valence-corrected chi connectivity index (χ1v) is 23.5. The number of ether oxygens (including phenoxy) is 4. The second-order valence-electron chi connectivity index (χ2n) is 20.2. The minimum absolute atomic E-state index is 0.0144. The first kappa shape index (κ1) is 44.7. The van der Waals surface area contributed by atoms with Crippen molar-refractivity contribution in [3.05, 3.63) is 41.0 Å². The van der Waals surface area contributed by atoms with E-state index in [9.17, 15) is 19.8 Å². The molecule has 2 bridgehead atoms. The highest BCUT2D eigenvalue weighted by atomic mass is 16.8. The van der Waals surface area contributed by atoms with Gasteiger partial charge in [0, 0.05) is 25.8 Å². The van der Waals surface area contributed by atoms with Crippen molar-refractivity contribution in [3.8, 4) is 0 Å². The molecular weight excluding hydrogens is 779 g/mol. The minimum Gasteiger partial charge on any atom is -0.458 e. The second-order valence-corrected chi connectivity index (χ2v) is 20.2. The van der Waals surface area contributed by atoms with Crippen LogP contribution in [0.4, 0.5) is 0 Å². The lowest BCUT2D eigenvalue weighted by Gasteiger charge is -2.53. The summed E-state index contributed by atoms with van der Waals surface area (Å²) in [4.78, 5) is 49.9. The number of carbonyl (C=O) groups excluding carboxylic acids is 3. The van der Waals surface area contributed by atoms with Crippen molar-refractivity contribution in [2.45, 2.75) is 198 Å². The molecule has 1 aromatic carbocycles. The van der Waals surface area contributed by atoms with E-state index in [1.165, 1.54) is 12.5 Å². The van der Waals surface area contributed by atoms with Crippen LogP contribution in [0.2, 0.25) is 0 Å². The van der Waals surface area contributed by atoms with E-state index in [1.54, 1.807) is 5.06 Å². The zero-order valence-corrected chi connectivity index (χ0v) is 37.3. The molecule has 0 spiro atoms. The van der Waals surface area contributed by atoms with Crippen LogP contribution in [0.5, 0.6) is 0 Å². The van der Waals surface area contributed by atoms with Gasteiger partial charge in [-0.2, -0.15) is 5.06 Å². The Bertz CT molecular complexity index is 1810. The van der Waals surface area contributed by atoms with Gasteiger partial charge in [-0.05, 0) is 87.2 Å². The molecule has 0 aromatic heterocycles. The number of benzene rings is 1. The number of hydrogen-bond donors (Lipinski definition) is 4. The number of esters is 1. The van der Waals surface area contributed by atoms with E-state index in [-0.39, 0.29) is 43.2 Å². The molecular formula is C48H71N3O10. The van der Waals surface area contributed by atoms with E-state index >= 15 is 4.79 Å². The predicted octanol–water partition coefficient (Wildman–Crippen LogP) is 5.88. The number of fused-ring (bicyclic) bond motifs is 6. The van der Waals surface area contributed by atoms with Crippen molar-refractivity contribution in [1.82, 2.24) is 15.7 Å². The van der Waals surface area contributed by atoms with Crippen molar-refractivity contribution < 1.29 is 48.4 Å². The zero-order chi connectivity index (χ0) is 43.3. The molecule has 4 heterocycles. The number of aliphatic hydroxyl groups is 2. The fraction of sp³-hybridized carbons (Fsp3) is 0.771. The number of carbonyl (C=O) groups is 3. The quantitative estimate of drug-likeness (QED) is 0.0840. The van der Waals surface area contributed by atoms with Gasteiger partial charge < -0.3 is 39.8 Å². The third-order valence-electron chi connectivity index (χ3n) is 15.6. The molecule has 8 rings (SSSR count). The van der Waals surface area contributed by atoms with Crippen LogP contribution in [0.3, 0.4) is 0 Å². The van der Waals surface area contributed by atoms with Crippen LogP contribution in [0.1, 0.15) is 143 Å². The highest BCUT2D eigenvalue weighted by Crippen LogP contribution is 2.61. The minimum atomic E-state index is -1.54. The van der Waals surface area contributed by atoms with Gasteiger partial charge in [0.15, 0.2) is 11.8 Å². The normalized spacial score (nSPS) is 37.1. The van der Waals surface area contributed by atoms with Crippen LogP contribution in [-0.2, 0) is 44.7 Å². The van der Waals surface area contributed by atoms with Crippen LogP contribution in [0, 0.1) is 22.7 Å². The molecule has 7 fully saturated rings. The van der Waals surface area contributed by atoms with E-state index in [1.807, 2.05) is 12.1 Å². The summed E-state index contributed by atoms with van der Waals surface area (Å²) < 4.78 is 26.5. The van der Waals surface area contributed by atoms with Crippen LogP contribution in [0.15, 0.2) is 29.8 Å². The summed E-state index contributed by atoms with van der Waals surface area (Å²) in [5, 5.41) is 27.2. The van der Waals surface area contributed by atoms with Crippen molar-refractivity contribution in [2.75, 3.05) is 13.2 Å². The lowest BCUT2D eigenvalue weighted by molar-refractivity contribution is -0.224. The highest BCUT2D eigenvalue weighted by molar-refractivity contribution is 5.96. The number of unbranched alkanes of at least 4 members (excludes halogenated alkanes) is 4. The Morgan fingerprint density at radius 1 is 0.984 bits per heavy atom. The van der Waals surface area contributed by atoms with Gasteiger partial charge in [-0.3, -0.25) is 19.2 Å². The number of hydroxylamine groups is 2. The van der Waals surface area contributed by atoms with Crippen LogP contribution < -0.4 is 10.6 Å². The van der Waals surface area contributed by atoms with Gasteiger partial charge in [0.1, 0.15) is 35.9 Å². The number of epoxide rings is 1. The first-order valence-electron chi connectivity index (χ1n) is 23.5. The summed E-state index contributed by atoms with van der Waals surface area (Å²) in [6.07, 6.45) is 10.9. The number of allylic oxidation sites excluding steroid dienone is 1. The maximum absolute atomic E-state index is 15.1. The molecule has 4 N–H and O–H groups in total. The number of rotatable bonds is 17. The summed E-state index contributed by atoms with van der Waals surface area (Å²) in [5.74, 6) is -1.69. The molecule has 13 heteroatoms. The highest BCUT2D eigenvalue weighted by Gasteiger charge is 2.76. The fourth-order valence-corrected chi connectivity index (χ4v) is 12.1. The number of nitrogens with one attached hydrogen (secondary N) is 2. The monoisotopic (exact) mass is 850 g/mol. The third-order valence-corrected chi connectivity index (χ3v) is 15.6. The molecule has 12 atom stereocenters. The van der Waals surface area contributed by atoms with Crippen molar-refractivity contribution in [1.29, 1.82) is 0 Å². The molecule has 3 aliphatic carbocycles. The fourth-order valence-electron chi connectivity index (χ4n) is 12.1. The Morgan fingerprint density at radius 2 is 1.70 bits per heavy atom. The Labute approximate surface area is 361 Å². The summed E-state index contributed by atoms with van der Waals surface area (Å²) in [5.41, 5.74) is 2.14. The Morgan fingerprint density at radius 3 is 2.39 bits per heavy atom. The SMILES string of the molecule is CCCCCC1(CCCCC)OC2C3CC4(C(=O)NC(C(=O)NCCO)C(C)O)C(ON(Cc5ccccc5C=C5CCC6OC6(C)CCC6C5CC6(C)C)C4C(=O)O3)C2O1. The smallest absolute Gasteiger partial charge is 0.327 e. The molecule has 4 aliphatic heterocycles. The van der Waals surface area contributed by atoms with Crippen molar-refractivity contribution >= 4 is 23.9 Å². The number of hydrogen-bond acceptors (Lipinski definition) is 11. The lowest BCUT2D eigenvalue weighted by Crippen LogP contribution is -2.71. The number of nitrogens with zero attached hydrogens (tertiary/aromatic N) is 1. The van der Waals surface area contributed by atoms with E-state index in [0.717, 1.165) is 81.8 Å². The van der Waals surface area contributed by atoms with Crippen LogP contribution in [-0.4, -0.2) is 106 Å². The van der Waals surface area contributed by atoms with Gasteiger partial charge in [-0.15, -0.1) is 0 Å². The Hall–Kier alpha value is -2.91. The predicted molar refractivity (Wildman–Crippen MR) is 227 cm³/mol. The summed E-state index contributed by atoms with van der Waals surface area (Å²) in [7, 11) is 0. The molecule has 1 aromatic rings. The van der Waals surface area contributed by atoms with Crippen molar-refractivity contribution in [3.63, 3.8) is 0 Å². The first-order chi connectivity index (χ1) is 29.2. The average Bonchev–Trinajstić information content (AvgIpc) is 3.50. The molecule has 2 amide bonds. The topological polar surface area (TPSA) is 168 Å². The van der Waals surface area contributed by atoms with E-state index < -0.39 is 71.6 Å². The van der Waals surface area contributed by atoms with Crippen molar-refractivity contribution in [2.24, 2.45) is 22.7 Å². The largest absolute Gasteiger partial charge is 0.458 e. The second kappa shape index (κ2) is 17.6. The number of amides is 2. The molecule has 0 radical (unpaired) electrons. The van der Waals surface area contributed by atoms with Crippen LogP contribution in [0.25, 0.3) is 6.08 Å². The van der Waals surface area contributed by atoms with Gasteiger partial charge in [0.05, 0.1) is 31.0 Å². The zero-order valence-electron chi connectivity index (χ0n) is 37.3. The average molecular weight is 850 g/mol. The van der Waals surface area contributed by atoms with E-state index in [0.29, 0.717) is 24.7 Å². The standard InChI is InChI=1S/C48H71N3O10/c1-7-9-13-20-47(21-14-10-8-2)59-38-35-27-48(44(56)50-37(29(3)53)42(54)49-23-24-52)40(43(55)57-35)51(61-41(48)39(38)60-47)28-32-16-12-11-15-30(32)25-31-17-18-36-46(6,58-36)22-19-34-33(31)26-45(34,4)5/h11-12,15-16,25,29,33-41,52-53H,7-10,13-14,17-24,26-28H2,1-6H3,(H,49,54)(H,50,56). The van der Waals surface area contributed by atoms with Gasteiger partial charge in [-0.1, -0.05) is 89.3 Å². The molecule has 4 saturated heterocycles. The summed E-state index contributed by atoms with van der Waals surface area (Å²) in [6.45, 7) is 12.6. The summed E-state index contributed by atoms with van der Waals surface area (Å²) >= 11 is 0. The van der Waals surface area contributed by atoms with Gasteiger partial charge in [0.25, 0.3) is 0 Å². The maximum Gasteiger partial charge on any atom is 0.327 e. The third kappa shape index (κ3) is 8.35. The maximum atomic E-state index is 15.1. The lowest BCUT2D eigenvalue weighted by atomic mass is 9.52. The molecule has 61 heavy (non-hydrogen) atoms. The Kier molecular flexibility index (Phi) is 12.9. The molecule has 7 aliphatic rings. The number of aliphatic hydroxyl groups excluding tert-OH is 2. The Balaban J connectivity index is 1.14. The molecule has 338 valence electrons. The van der Waals surface area contributed by atoms with E-state index in [2.05, 4.69) is 63.5 Å². The van der Waals surface area contributed by atoms with E-state index in [4.69, 9.17) is 23.8 Å². The van der Waals surface area contributed by atoms with Gasteiger partial charge in [0.2, 0.25) is 11.8 Å². The van der Waals surface area contributed by atoms with Gasteiger partial charge >= 0.3 is 5.97 Å². The molecule has 13 nitrogen and oxygen atoms in total. The summed E-state index contributed by atoms with van der Waals surface area (Å²) in [6, 6.07) is 5.68. The van der Waals surface area contributed by atoms with Gasteiger partial charge in [-0.25, -0.2) is 0 Å².